The molecule has 2 heteroatoms. The zero-order valence-electron chi connectivity index (χ0n) is 9.27. The van der Waals surface area contributed by atoms with Crippen molar-refractivity contribution in [2.75, 3.05) is 5.32 Å². The lowest BCUT2D eigenvalue weighted by Crippen LogP contribution is -1.96. The van der Waals surface area contributed by atoms with Gasteiger partial charge in [0, 0.05) is 11.9 Å². The Morgan fingerprint density at radius 1 is 1.25 bits per heavy atom. The highest BCUT2D eigenvalue weighted by Gasteiger charge is 2.00. The van der Waals surface area contributed by atoms with Crippen LogP contribution < -0.4 is 5.32 Å². The van der Waals surface area contributed by atoms with Crippen LogP contribution in [0.15, 0.2) is 49.2 Å². The zero-order valence-corrected chi connectivity index (χ0v) is 9.27. The Labute approximate surface area is 95.7 Å². The molecule has 0 spiro atoms. The van der Waals surface area contributed by atoms with Crippen molar-refractivity contribution >= 4 is 17.6 Å². The number of aryl methyl sites for hydroxylation is 1. The van der Waals surface area contributed by atoms with Gasteiger partial charge in [-0.05, 0) is 36.2 Å². The average molecular weight is 210 g/mol. The number of hydrogen-bond donors (Lipinski definition) is 1. The van der Waals surface area contributed by atoms with Gasteiger partial charge in [0.25, 0.3) is 0 Å². The number of pyridine rings is 1. The molecule has 0 radical (unpaired) electrons. The summed E-state index contributed by atoms with van der Waals surface area (Å²) in [6, 6.07) is 12.1. The zero-order chi connectivity index (χ0) is 11.4. The number of nitrogens with zero attached hydrogens (tertiary/aromatic N) is 1. The topological polar surface area (TPSA) is 24.9 Å². The standard InChI is InChI=1S/C14H14N2/c1-3-12-9-11(2)14(15-10-12)16-13-7-5-4-6-8-13/h3-10H,1H2,2H3,(H,15,16). The quantitative estimate of drug-likeness (QED) is 0.834. The van der Waals surface area contributed by atoms with E-state index in [4.69, 9.17) is 0 Å². The van der Waals surface area contributed by atoms with Gasteiger partial charge in [-0.15, -0.1) is 0 Å². The minimum absolute atomic E-state index is 0.886. The predicted octanol–water partition coefficient (Wildman–Crippen LogP) is 3.78. The van der Waals surface area contributed by atoms with Crippen LogP contribution in [0.3, 0.4) is 0 Å². The van der Waals surface area contributed by atoms with E-state index in [-0.39, 0.29) is 0 Å². The molecule has 0 saturated heterocycles. The Bertz CT molecular complexity index is 489. The minimum atomic E-state index is 0.886. The summed E-state index contributed by atoms with van der Waals surface area (Å²) in [5.41, 5.74) is 3.20. The second-order valence-corrected chi connectivity index (χ2v) is 3.63. The first kappa shape index (κ1) is 10.4. The van der Waals surface area contributed by atoms with Crippen molar-refractivity contribution in [2.24, 2.45) is 0 Å². The summed E-state index contributed by atoms with van der Waals surface area (Å²) in [5, 5.41) is 3.28. The molecule has 80 valence electrons. The molecule has 0 aliphatic carbocycles. The maximum Gasteiger partial charge on any atom is 0.133 e. The molecule has 0 aliphatic heterocycles. The van der Waals surface area contributed by atoms with Gasteiger partial charge in [-0.3, -0.25) is 0 Å². The third kappa shape index (κ3) is 2.28. The van der Waals surface area contributed by atoms with E-state index >= 15 is 0 Å². The summed E-state index contributed by atoms with van der Waals surface area (Å²) in [7, 11) is 0. The predicted molar refractivity (Wildman–Crippen MR) is 68.8 cm³/mol. The number of rotatable bonds is 3. The highest BCUT2D eigenvalue weighted by Crippen LogP contribution is 2.18. The maximum atomic E-state index is 4.36. The summed E-state index contributed by atoms with van der Waals surface area (Å²) in [5.74, 6) is 0.886. The lowest BCUT2D eigenvalue weighted by Gasteiger charge is -2.08. The number of aromatic nitrogens is 1. The van der Waals surface area contributed by atoms with Gasteiger partial charge < -0.3 is 5.32 Å². The fourth-order valence-electron chi connectivity index (χ4n) is 1.50. The van der Waals surface area contributed by atoms with Gasteiger partial charge in [-0.2, -0.15) is 0 Å². The van der Waals surface area contributed by atoms with Crippen molar-refractivity contribution in [2.45, 2.75) is 6.92 Å². The van der Waals surface area contributed by atoms with E-state index in [1.54, 1.807) is 6.08 Å². The molecular weight excluding hydrogens is 196 g/mol. The van der Waals surface area contributed by atoms with Crippen LogP contribution in [-0.2, 0) is 0 Å². The smallest absolute Gasteiger partial charge is 0.133 e. The van der Waals surface area contributed by atoms with Gasteiger partial charge in [-0.1, -0.05) is 30.9 Å². The number of nitrogens with one attached hydrogen (secondary N) is 1. The first-order chi connectivity index (χ1) is 7.79. The van der Waals surface area contributed by atoms with Gasteiger partial charge >= 0.3 is 0 Å². The van der Waals surface area contributed by atoms with E-state index in [9.17, 15) is 0 Å². The summed E-state index contributed by atoms with van der Waals surface area (Å²) in [6.07, 6.45) is 3.61. The normalized spacial score (nSPS) is 9.81. The van der Waals surface area contributed by atoms with Crippen molar-refractivity contribution < 1.29 is 0 Å². The van der Waals surface area contributed by atoms with E-state index in [0.717, 1.165) is 22.6 Å². The van der Waals surface area contributed by atoms with Crippen molar-refractivity contribution in [3.63, 3.8) is 0 Å². The first-order valence-corrected chi connectivity index (χ1v) is 5.21. The van der Waals surface area contributed by atoms with E-state index in [2.05, 4.69) is 22.9 Å². The van der Waals surface area contributed by atoms with Crippen molar-refractivity contribution in [3.8, 4) is 0 Å². The molecule has 1 aromatic carbocycles. The maximum absolute atomic E-state index is 4.36. The summed E-state index contributed by atoms with van der Waals surface area (Å²) in [4.78, 5) is 4.36. The third-order valence-corrected chi connectivity index (χ3v) is 2.37. The van der Waals surface area contributed by atoms with Crippen LogP contribution in [0.4, 0.5) is 11.5 Å². The average Bonchev–Trinajstić information content (AvgIpc) is 2.33. The van der Waals surface area contributed by atoms with Crippen LogP contribution in [0.25, 0.3) is 6.08 Å². The highest BCUT2D eigenvalue weighted by atomic mass is 15.0. The van der Waals surface area contributed by atoms with Crippen molar-refractivity contribution in [3.05, 3.63) is 60.3 Å². The Kier molecular flexibility index (Phi) is 3.01. The van der Waals surface area contributed by atoms with E-state index in [1.807, 2.05) is 43.5 Å². The molecule has 0 bridgehead atoms. The molecular formula is C14H14N2. The molecule has 0 amide bonds. The van der Waals surface area contributed by atoms with Gasteiger partial charge in [0.05, 0.1) is 0 Å². The fraction of sp³-hybridized carbons (Fsp3) is 0.0714. The molecule has 1 heterocycles. The highest BCUT2D eigenvalue weighted by molar-refractivity contribution is 5.61. The van der Waals surface area contributed by atoms with Gasteiger partial charge in [0.1, 0.15) is 5.82 Å². The lowest BCUT2D eigenvalue weighted by molar-refractivity contribution is 1.25. The van der Waals surface area contributed by atoms with Gasteiger partial charge in [0.15, 0.2) is 0 Å². The first-order valence-electron chi connectivity index (χ1n) is 5.21. The van der Waals surface area contributed by atoms with Crippen LogP contribution in [-0.4, -0.2) is 4.98 Å². The van der Waals surface area contributed by atoms with E-state index in [0.29, 0.717) is 0 Å². The van der Waals surface area contributed by atoms with E-state index < -0.39 is 0 Å². The molecule has 0 fully saturated rings. The Balaban J connectivity index is 2.25. The van der Waals surface area contributed by atoms with Crippen LogP contribution in [0, 0.1) is 6.92 Å². The third-order valence-electron chi connectivity index (χ3n) is 2.37. The Morgan fingerprint density at radius 2 is 2.00 bits per heavy atom. The SMILES string of the molecule is C=Cc1cnc(Nc2ccccc2)c(C)c1. The number of anilines is 2. The molecule has 2 nitrogen and oxygen atoms in total. The number of hydrogen-bond acceptors (Lipinski definition) is 2. The molecule has 1 aromatic heterocycles. The van der Waals surface area contributed by atoms with Crippen molar-refractivity contribution in [1.29, 1.82) is 0 Å². The van der Waals surface area contributed by atoms with Crippen LogP contribution in [0.5, 0.6) is 0 Å². The van der Waals surface area contributed by atoms with Gasteiger partial charge in [-0.25, -0.2) is 4.98 Å². The number of para-hydroxylation sites is 1. The minimum Gasteiger partial charge on any atom is -0.340 e. The van der Waals surface area contributed by atoms with Crippen LogP contribution in [0.2, 0.25) is 0 Å². The summed E-state index contributed by atoms with van der Waals surface area (Å²) >= 11 is 0. The van der Waals surface area contributed by atoms with Gasteiger partial charge in [0.2, 0.25) is 0 Å². The molecule has 1 N–H and O–H groups in total. The second-order valence-electron chi connectivity index (χ2n) is 3.63. The Hall–Kier alpha value is -2.09. The van der Waals surface area contributed by atoms with Crippen molar-refractivity contribution in [1.82, 2.24) is 4.98 Å². The second kappa shape index (κ2) is 4.62. The molecule has 0 atom stereocenters. The molecule has 0 aliphatic rings. The molecule has 0 saturated carbocycles. The molecule has 16 heavy (non-hydrogen) atoms. The number of benzene rings is 1. The Morgan fingerprint density at radius 3 is 2.62 bits per heavy atom. The fourth-order valence-corrected chi connectivity index (χ4v) is 1.50. The molecule has 2 aromatic rings. The monoisotopic (exact) mass is 210 g/mol. The van der Waals surface area contributed by atoms with E-state index in [1.165, 1.54) is 0 Å². The lowest BCUT2D eigenvalue weighted by atomic mass is 10.2. The molecule has 2 rings (SSSR count). The van der Waals surface area contributed by atoms with Crippen LogP contribution in [0.1, 0.15) is 11.1 Å². The molecule has 0 unspecified atom stereocenters. The summed E-state index contributed by atoms with van der Waals surface area (Å²) < 4.78 is 0. The summed E-state index contributed by atoms with van der Waals surface area (Å²) in [6.45, 7) is 5.76. The largest absolute Gasteiger partial charge is 0.340 e. The van der Waals surface area contributed by atoms with Crippen LogP contribution >= 0.6 is 0 Å².